The van der Waals surface area contributed by atoms with Crippen LogP contribution in [0.2, 0.25) is 10.0 Å². The van der Waals surface area contributed by atoms with Gasteiger partial charge in [-0.15, -0.1) is 0 Å². The zero-order chi connectivity index (χ0) is 25.0. The third kappa shape index (κ3) is 5.88. The molecular formula is C24H22Cl2N2O5S. The fraction of sp³-hybridized carbons (Fsp3) is 0.167. The summed E-state index contributed by atoms with van der Waals surface area (Å²) in [5.41, 5.74) is 2.06. The number of halogens is 2. The Morgan fingerprint density at radius 1 is 0.912 bits per heavy atom. The van der Waals surface area contributed by atoms with E-state index in [0.29, 0.717) is 16.8 Å². The normalized spacial score (nSPS) is 12.3. The number of nitrogens with one attached hydrogen (secondary N) is 2. The summed E-state index contributed by atoms with van der Waals surface area (Å²) in [4.78, 5) is 23.6. The van der Waals surface area contributed by atoms with Crippen molar-refractivity contribution in [3.05, 3.63) is 82.3 Å². The van der Waals surface area contributed by atoms with Crippen LogP contribution in [0.5, 0.6) is 0 Å². The number of sulfonamides is 1. The van der Waals surface area contributed by atoms with Crippen molar-refractivity contribution in [3.8, 4) is 11.1 Å². The lowest BCUT2D eigenvalue weighted by Crippen LogP contribution is -2.44. The molecule has 0 heterocycles. The summed E-state index contributed by atoms with van der Waals surface area (Å²) in [6.07, 6.45) is 0. The van der Waals surface area contributed by atoms with Gasteiger partial charge in [0.1, 0.15) is 10.9 Å². The van der Waals surface area contributed by atoms with Crippen LogP contribution in [-0.4, -0.2) is 31.4 Å². The van der Waals surface area contributed by atoms with Crippen molar-refractivity contribution in [2.45, 2.75) is 24.8 Å². The smallest absolute Gasteiger partial charge is 0.326 e. The molecule has 3 rings (SSSR count). The highest BCUT2D eigenvalue weighted by Crippen LogP contribution is 2.31. The maximum atomic E-state index is 12.8. The molecule has 10 heteroatoms. The van der Waals surface area contributed by atoms with Crippen molar-refractivity contribution in [3.63, 3.8) is 0 Å². The molecule has 0 aliphatic heterocycles. The van der Waals surface area contributed by atoms with Crippen molar-refractivity contribution in [1.29, 1.82) is 0 Å². The third-order valence-electron chi connectivity index (χ3n) is 5.02. The van der Waals surface area contributed by atoms with Crippen molar-refractivity contribution in [1.82, 2.24) is 5.32 Å². The summed E-state index contributed by atoms with van der Waals surface area (Å²) in [5.74, 6) is -1.86. The minimum Gasteiger partial charge on any atom is -0.480 e. The molecular weight excluding hydrogens is 499 g/mol. The predicted molar refractivity (Wildman–Crippen MR) is 133 cm³/mol. The van der Waals surface area contributed by atoms with Crippen LogP contribution in [0.25, 0.3) is 11.1 Å². The molecule has 0 aliphatic rings. The lowest BCUT2D eigenvalue weighted by molar-refractivity contribution is -0.140. The van der Waals surface area contributed by atoms with Crippen LogP contribution in [0, 0.1) is 5.92 Å². The second-order valence-corrected chi connectivity index (χ2v) is 10.3. The number of carbonyl (C=O) groups is 2. The van der Waals surface area contributed by atoms with Crippen LogP contribution in [0.1, 0.15) is 24.2 Å². The average molecular weight is 521 g/mol. The fourth-order valence-electron chi connectivity index (χ4n) is 3.22. The zero-order valence-electron chi connectivity index (χ0n) is 18.2. The molecule has 0 fully saturated rings. The Morgan fingerprint density at radius 2 is 1.56 bits per heavy atom. The number of aliphatic carboxylic acids is 1. The molecule has 0 saturated heterocycles. The van der Waals surface area contributed by atoms with E-state index in [1.54, 1.807) is 62.4 Å². The Labute approximate surface area is 207 Å². The maximum absolute atomic E-state index is 12.8. The number of carboxylic acid groups (broad SMARTS) is 1. The molecule has 0 radical (unpaired) electrons. The molecule has 1 atom stereocenters. The highest BCUT2D eigenvalue weighted by atomic mass is 35.5. The van der Waals surface area contributed by atoms with Gasteiger partial charge in [-0.1, -0.05) is 67.4 Å². The minimum atomic E-state index is -3.98. The second kappa shape index (κ2) is 10.5. The number of amides is 1. The molecule has 3 aromatic rings. The first kappa shape index (κ1) is 25.6. The van der Waals surface area contributed by atoms with Gasteiger partial charge in [-0.05, 0) is 53.4 Å². The lowest BCUT2D eigenvalue weighted by atomic mass is 10.0. The maximum Gasteiger partial charge on any atom is 0.326 e. The lowest BCUT2D eigenvalue weighted by Gasteiger charge is -2.18. The standard InChI is InChI=1S/C24H22Cl2N2O5S/c1-14(2)22(24(30)31)27-23(29)16-11-9-15(10-12-16)17-5-3-6-18(13-17)28-34(32,33)20-8-4-7-19(25)21(20)26/h3-14,22,28H,1-2H3,(H,27,29)(H,30,31)/t22-/m0/s1. The molecule has 7 nitrogen and oxygen atoms in total. The Bertz CT molecular complexity index is 1330. The monoisotopic (exact) mass is 520 g/mol. The molecule has 0 aliphatic carbocycles. The summed E-state index contributed by atoms with van der Waals surface area (Å²) >= 11 is 12.0. The van der Waals surface area contributed by atoms with Gasteiger partial charge in [0.05, 0.1) is 10.0 Å². The van der Waals surface area contributed by atoms with Crippen molar-refractivity contribution < 1.29 is 23.1 Å². The molecule has 0 bridgehead atoms. The molecule has 0 aromatic heterocycles. The molecule has 3 aromatic carbocycles. The number of hydrogen-bond donors (Lipinski definition) is 3. The quantitative estimate of drug-likeness (QED) is 0.373. The van der Waals surface area contributed by atoms with Crippen LogP contribution in [0.15, 0.2) is 71.6 Å². The second-order valence-electron chi connectivity index (χ2n) is 7.85. The van der Waals surface area contributed by atoms with Gasteiger partial charge in [0, 0.05) is 11.3 Å². The van der Waals surface area contributed by atoms with E-state index in [-0.39, 0.29) is 20.9 Å². The molecule has 34 heavy (non-hydrogen) atoms. The average Bonchev–Trinajstić information content (AvgIpc) is 2.78. The van der Waals surface area contributed by atoms with Gasteiger partial charge >= 0.3 is 5.97 Å². The first-order valence-electron chi connectivity index (χ1n) is 10.2. The number of carbonyl (C=O) groups excluding carboxylic acids is 1. The Morgan fingerprint density at radius 3 is 2.18 bits per heavy atom. The van der Waals surface area contributed by atoms with Crippen LogP contribution in [0.3, 0.4) is 0 Å². The molecule has 178 valence electrons. The Hall–Kier alpha value is -3.07. The Kier molecular flexibility index (Phi) is 7.86. The van der Waals surface area contributed by atoms with E-state index in [1.807, 2.05) is 0 Å². The van der Waals surface area contributed by atoms with Gasteiger partial charge in [0.2, 0.25) is 0 Å². The van der Waals surface area contributed by atoms with E-state index < -0.39 is 27.9 Å². The third-order valence-corrected chi connectivity index (χ3v) is 7.37. The molecule has 0 unspecified atom stereocenters. The number of carboxylic acids is 1. The first-order valence-corrected chi connectivity index (χ1v) is 12.4. The minimum absolute atomic E-state index is 0.0655. The van der Waals surface area contributed by atoms with E-state index >= 15 is 0 Å². The fourth-order valence-corrected chi connectivity index (χ4v) is 5.03. The summed E-state index contributed by atoms with van der Waals surface area (Å²) in [7, 11) is -3.98. The van der Waals surface area contributed by atoms with Crippen LogP contribution < -0.4 is 10.0 Å². The van der Waals surface area contributed by atoms with E-state index in [4.69, 9.17) is 23.2 Å². The number of rotatable bonds is 8. The van der Waals surface area contributed by atoms with Crippen molar-refractivity contribution in [2.75, 3.05) is 4.72 Å². The van der Waals surface area contributed by atoms with E-state index in [9.17, 15) is 23.1 Å². The topological polar surface area (TPSA) is 113 Å². The van der Waals surface area contributed by atoms with E-state index in [1.165, 1.54) is 18.2 Å². The van der Waals surface area contributed by atoms with Crippen LogP contribution in [-0.2, 0) is 14.8 Å². The molecule has 0 saturated carbocycles. The SMILES string of the molecule is CC(C)[C@H](NC(=O)c1ccc(-c2cccc(NS(=O)(=O)c3cccc(Cl)c3Cl)c2)cc1)C(=O)O. The summed E-state index contributed by atoms with van der Waals surface area (Å²) in [5, 5.41) is 11.8. The molecule has 3 N–H and O–H groups in total. The zero-order valence-corrected chi connectivity index (χ0v) is 20.6. The van der Waals surface area contributed by atoms with Crippen molar-refractivity contribution >= 4 is 50.8 Å². The summed E-state index contributed by atoms with van der Waals surface area (Å²) in [6.45, 7) is 3.42. The highest BCUT2D eigenvalue weighted by molar-refractivity contribution is 7.92. The largest absolute Gasteiger partial charge is 0.480 e. The van der Waals surface area contributed by atoms with Gasteiger partial charge < -0.3 is 10.4 Å². The first-order chi connectivity index (χ1) is 16.0. The molecule has 1 amide bonds. The van der Waals surface area contributed by atoms with Gasteiger partial charge in [-0.2, -0.15) is 0 Å². The van der Waals surface area contributed by atoms with Crippen LogP contribution >= 0.6 is 23.2 Å². The molecule has 0 spiro atoms. The van der Waals surface area contributed by atoms with Crippen LogP contribution in [0.4, 0.5) is 5.69 Å². The summed E-state index contributed by atoms with van der Waals surface area (Å²) in [6, 6.07) is 16.6. The summed E-state index contributed by atoms with van der Waals surface area (Å²) < 4.78 is 28.1. The van der Waals surface area contributed by atoms with E-state index in [0.717, 1.165) is 5.56 Å². The number of benzene rings is 3. The van der Waals surface area contributed by atoms with Gasteiger partial charge in [0.25, 0.3) is 15.9 Å². The van der Waals surface area contributed by atoms with Gasteiger partial charge in [0.15, 0.2) is 0 Å². The predicted octanol–water partition coefficient (Wildman–Crippen LogP) is 5.30. The van der Waals surface area contributed by atoms with Crippen molar-refractivity contribution in [2.24, 2.45) is 5.92 Å². The van der Waals surface area contributed by atoms with Gasteiger partial charge in [-0.25, -0.2) is 13.2 Å². The highest BCUT2D eigenvalue weighted by Gasteiger charge is 2.24. The Balaban J connectivity index is 1.80. The van der Waals surface area contributed by atoms with Gasteiger partial charge in [-0.3, -0.25) is 9.52 Å². The van der Waals surface area contributed by atoms with E-state index in [2.05, 4.69) is 10.0 Å². The number of hydrogen-bond acceptors (Lipinski definition) is 4. The number of anilines is 1.